The van der Waals surface area contributed by atoms with Gasteiger partial charge in [-0.1, -0.05) is 12.8 Å². The average molecular weight is 313 g/mol. The molecule has 124 valence electrons. The molecule has 0 unspecified atom stereocenters. The predicted octanol–water partition coefficient (Wildman–Crippen LogP) is 3.62. The molecule has 0 aromatic heterocycles. The van der Waals surface area contributed by atoms with E-state index in [9.17, 15) is 0 Å². The summed E-state index contributed by atoms with van der Waals surface area (Å²) in [5, 5.41) is 15.7. The molecule has 4 rings (SSSR count). The lowest BCUT2D eigenvalue weighted by atomic mass is 9.82. The smallest absolute Gasteiger partial charge is 0.152 e. The molecule has 1 saturated carbocycles. The Hall–Kier alpha value is -1.55. The Bertz CT molecular complexity index is 613. The van der Waals surface area contributed by atoms with Gasteiger partial charge < -0.3 is 20.8 Å². The highest BCUT2D eigenvalue weighted by Crippen LogP contribution is 2.43. The van der Waals surface area contributed by atoms with E-state index in [0.29, 0.717) is 6.04 Å². The zero-order chi connectivity index (χ0) is 15.9. The quantitative estimate of drug-likeness (QED) is 0.781. The summed E-state index contributed by atoms with van der Waals surface area (Å²) in [6, 6.07) is 4.88. The first-order valence-electron chi connectivity index (χ1n) is 9.04. The molecule has 0 bridgehead atoms. The molecule has 3 N–H and O–H groups in total. The second kappa shape index (κ2) is 5.82. The second-order valence-electron chi connectivity index (χ2n) is 7.51. The highest BCUT2D eigenvalue weighted by molar-refractivity contribution is 6.04. The third kappa shape index (κ3) is 2.85. The third-order valence-electron chi connectivity index (χ3n) is 5.61. The Morgan fingerprint density at radius 3 is 2.70 bits per heavy atom. The number of fused-ring (bicyclic) bond motifs is 1. The van der Waals surface area contributed by atoms with Crippen LogP contribution in [0.3, 0.4) is 0 Å². The minimum absolute atomic E-state index is 0.170. The lowest BCUT2D eigenvalue weighted by Gasteiger charge is -2.42. The fraction of sp³-hybridized carbons (Fsp3) is 0.632. The van der Waals surface area contributed by atoms with Crippen LogP contribution in [0, 0.1) is 12.3 Å². The molecule has 4 heteroatoms. The highest BCUT2D eigenvalue weighted by Gasteiger charge is 2.41. The summed E-state index contributed by atoms with van der Waals surface area (Å²) in [5.41, 5.74) is 3.88. The van der Waals surface area contributed by atoms with Crippen molar-refractivity contribution < 1.29 is 4.74 Å². The Morgan fingerprint density at radius 1 is 1.22 bits per heavy atom. The number of hydrogen-bond donors (Lipinski definition) is 3. The molecule has 1 aliphatic carbocycles. The van der Waals surface area contributed by atoms with Crippen LogP contribution in [0.15, 0.2) is 12.1 Å². The van der Waals surface area contributed by atoms with Gasteiger partial charge in [-0.15, -0.1) is 0 Å². The number of piperidine rings is 1. The van der Waals surface area contributed by atoms with E-state index in [-0.39, 0.29) is 5.60 Å². The lowest BCUT2D eigenvalue weighted by molar-refractivity contribution is 0.0392. The maximum absolute atomic E-state index is 8.58. The van der Waals surface area contributed by atoms with Crippen molar-refractivity contribution in [3.05, 3.63) is 23.3 Å². The number of benzene rings is 1. The van der Waals surface area contributed by atoms with Crippen molar-refractivity contribution in [3.63, 3.8) is 0 Å². The van der Waals surface area contributed by atoms with Crippen LogP contribution in [0.1, 0.15) is 56.1 Å². The molecule has 0 amide bonds. The Labute approximate surface area is 138 Å². The van der Waals surface area contributed by atoms with Crippen molar-refractivity contribution >= 4 is 11.4 Å². The standard InChI is InChI=1S/C19H27N3O/c1-13-10-15-16(20)12-19(6-8-21-9-7-19)23-18(15)17(11-13)22-14-4-2-3-5-14/h10-11,14,20-22H,2-9,12H2,1H3. The van der Waals surface area contributed by atoms with E-state index in [4.69, 9.17) is 10.1 Å². The van der Waals surface area contributed by atoms with Crippen molar-refractivity contribution in [2.24, 2.45) is 0 Å². The molecular formula is C19H27N3O. The van der Waals surface area contributed by atoms with Gasteiger partial charge in [-0.05, 0) is 50.6 Å². The van der Waals surface area contributed by atoms with Gasteiger partial charge in [0.1, 0.15) is 5.60 Å². The van der Waals surface area contributed by atoms with E-state index in [1.807, 2.05) is 0 Å². The maximum atomic E-state index is 8.58. The first kappa shape index (κ1) is 15.0. The van der Waals surface area contributed by atoms with Crippen LogP contribution in [0.5, 0.6) is 5.75 Å². The minimum Gasteiger partial charge on any atom is -0.484 e. The molecule has 3 aliphatic rings. The highest BCUT2D eigenvalue weighted by atomic mass is 16.5. The molecule has 0 radical (unpaired) electrons. The summed E-state index contributed by atoms with van der Waals surface area (Å²) in [6.45, 7) is 4.09. The SMILES string of the molecule is Cc1cc(NC2CCCC2)c2c(c1)C(=N)CC1(CCNCC1)O2. The number of hydrogen-bond acceptors (Lipinski definition) is 4. The summed E-state index contributed by atoms with van der Waals surface area (Å²) >= 11 is 0. The predicted molar refractivity (Wildman–Crippen MR) is 94.0 cm³/mol. The maximum Gasteiger partial charge on any atom is 0.152 e. The Balaban J connectivity index is 1.69. The summed E-state index contributed by atoms with van der Waals surface area (Å²) < 4.78 is 6.58. The number of anilines is 1. The van der Waals surface area contributed by atoms with Gasteiger partial charge in [-0.2, -0.15) is 0 Å². The van der Waals surface area contributed by atoms with Crippen molar-refractivity contribution in [2.45, 2.75) is 63.5 Å². The monoisotopic (exact) mass is 313 g/mol. The molecule has 2 fully saturated rings. The molecule has 1 saturated heterocycles. The van der Waals surface area contributed by atoms with Gasteiger partial charge in [-0.25, -0.2) is 0 Å². The Morgan fingerprint density at radius 2 is 1.96 bits per heavy atom. The van der Waals surface area contributed by atoms with Crippen molar-refractivity contribution in [3.8, 4) is 5.75 Å². The van der Waals surface area contributed by atoms with Crippen LogP contribution in [0.2, 0.25) is 0 Å². The first-order chi connectivity index (χ1) is 11.2. The number of rotatable bonds is 2. The molecule has 23 heavy (non-hydrogen) atoms. The van der Waals surface area contributed by atoms with E-state index in [1.54, 1.807) is 0 Å². The zero-order valence-corrected chi connectivity index (χ0v) is 14.0. The van der Waals surface area contributed by atoms with Crippen LogP contribution < -0.4 is 15.4 Å². The van der Waals surface area contributed by atoms with Crippen molar-refractivity contribution in [2.75, 3.05) is 18.4 Å². The second-order valence-corrected chi connectivity index (χ2v) is 7.51. The first-order valence-corrected chi connectivity index (χ1v) is 9.04. The van der Waals surface area contributed by atoms with Gasteiger partial charge in [0.05, 0.1) is 5.69 Å². The lowest BCUT2D eigenvalue weighted by Crippen LogP contribution is -2.49. The molecule has 1 spiro atoms. The van der Waals surface area contributed by atoms with E-state index in [1.165, 1.54) is 31.2 Å². The van der Waals surface area contributed by atoms with Crippen LogP contribution >= 0.6 is 0 Å². The molecule has 0 atom stereocenters. The van der Waals surface area contributed by atoms with E-state index < -0.39 is 0 Å². The molecule has 2 heterocycles. The van der Waals surface area contributed by atoms with Gasteiger partial charge >= 0.3 is 0 Å². The number of ether oxygens (including phenoxy) is 1. The minimum atomic E-state index is -0.170. The summed E-state index contributed by atoms with van der Waals surface area (Å²) in [6.07, 6.45) is 7.85. The number of aryl methyl sites for hydroxylation is 1. The van der Waals surface area contributed by atoms with E-state index in [2.05, 4.69) is 29.7 Å². The average Bonchev–Trinajstić information content (AvgIpc) is 3.02. The van der Waals surface area contributed by atoms with Crippen molar-refractivity contribution in [1.29, 1.82) is 5.41 Å². The van der Waals surface area contributed by atoms with Crippen LogP contribution in [-0.4, -0.2) is 30.4 Å². The van der Waals surface area contributed by atoms with E-state index >= 15 is 0 Å². The van der Waals surface area contributed by atoms with Gasteiger partial charge in [-0.3, -0.25) is 0 Å². The van der Waals surface area contributed by atoms with Gasteiger partial charge in [0, 0.05) is 36.6 Å². The molecule has 1 aromatic rings. The summed E-state index contributed by atoms with van der Waals surface area (Å²) in [5.74, 6) is 0.931. The van der Waals surface area contributed by atoms with Crippen molar-refractivity contribution in [1.82, 2.24) is 5.32 Å². The van der Waals surface area contributed by atoms with Crippen LogP contribution in [-0.2, 0) is 0 Å². The fourth-order valence-corrected chi connectivity index (χ4v) is 4.34. The Kier molecular flexibility index (Phi) is 3.80. The molecular weight excluding hydrogens is 286 g/mol. The fourth-order valence-electron chi connectivity index (χ4n) is 4.34. The van der Waals surface area contributed by atoms with Gasteiger partial charge in [0.25, 0.3) is 0 Å². The van der Waals surface area contributed by atoms with Gasteiger partial charge in [0.2, 0.25) is 0 Å². The van der Waals surface area contributed by atoms with E-state index in [0.717, 1.165) is 55.1 Å². The normalized spacial score (nSPS) is 23.6. The summed E-state index contributed by atoms with van der Waals surface area (Å²) in [4.78, 5) is 0. The topological polar surface area (TPSA) is 57.1 Å². The van der Waals surface area contributed by atoms with Crippen LogP contribution in [0.25, 0.3) is 0 Å². The molecule has 1 aromatic carbocycles. The molecule has 4 nitrogen and oxygen atoms in total. The largest absolute Gasteiger partial charge is 0.484 e. The third-order valence-corrected chi connectivity index (χ3v) is 5.61. The summed E-state index contributed by atoms with van der Waals surface area (Å²) in [7, 11) is 0. The molecule has 2 aliphatic heterocycles. The van der Waals surface area contributed by atoms with Gasteiger partial charge in [0.15, 0.2) is 5.75 Å². The van der Waals surface area contributed by atoms with Crippen LogP contribution in [0.4, 0.5) is 5.69 Å². The zero-order valence-electron chi connectivity index (χ0n) is 14.0. The number of nitrogens with one attached hydrogen (secondary N) is 3.